The van der Waals surface area contributed by atoms with Gasteiger partial charge in [-0.3, -0.25) is 5.32 Å². The van der Waals surface area contributed by atoms with Crippen molar-refractivity contribution in [2.45, 2.75) is 40.2 Å². The Kier molecular flexibility index (Phi) is 4.60. The van der Waals surface area contributed by atoms with Crippen LogP contribution in [0.15, 0.2) is 12.1 Å². The highest BCUT2D eigenvalue weighted by Gasteiger charge is 2.19. The first-order valence-corrected chi connectivity index (χ1v) is 6.07. The van der Waals surface area contributed by atoms with Gasteiger partial charge in [-0.1, -0.05) is 0 Å². The van der Waals surface area contributed by atoms with E-state index >= 15 is 0 Å². The fourth-order valence-corrected chi connectivity index (χ4v) is 1.88. The Morgan fingerprint density at radius 3 is 2.05 bits per heavy atom. The van der Waals surface area contributed by atoms with E-state index < -0.39 is 18.8 Å². The number of carbonyl (C=O) groups excluding carboxylic acids is 1. The predicted octanol–water partition coefficient (Wildman–Crippen LogP) is 1.33. The molecule has 0 radical (unpaired) electrons. The van der Waals surface area contributed by atoms with Gasteiger partial charge in [0.2, 0.25) is 0 Å². The lowest BCUT2D eigenvalue weighted by atomic mass is 9.74. The zero-order valence-corrected chi connectivity index (χ0v) is 11.9. The van der Waals surface area contributed by atoms with Gasteiger partial charge in [0, 0.05) is 5.69 Å². The number of anilines is 1. The molecule has 1 aromatic rings. The highest BCUT2D eigenvalue weighted by Crippen LogP contribution is 2.15. The third-order valence-electron chi connectivity index (χ3n) is 2.50. The van der Waals surface area contributed by atoms with Crippen molar-refractivity contribution in [1.29, 1.82) is 0 Å². The average molecular weight is 265 g/mol. The SMILES string of the molecule is Cc1cc(NC(=O)OC(C)(C)C)cc(C)c1B(O)O. The number of hydrogen-bond donors (Lipinski definition) is 3. The number of hydrogen-bond acceptors (Lipinski definition) is 4. The summed E-state index contributed by atoms with van der Waals surface area (Å²) in [6.45, 7) is 8.86. The van der Waals surface area contributed by atoms with Gasteiger partial charge in [0.15, 0.2) is 0 Å². The van der Waals surface area contributed by atoms with Crippen LogP contribution >= 0.6 is 0 Å². The van der Waals surface area contributed by atoms with Gasteiger partial charge in [-0.2, -0.15) is 0 Å². The second-order valence-electron chi connectivity index (χ2n) is 5.52. The van der Waals surface area contributed by atoms with Crippen molar-refractivity contribution in [3.05, 3.63) is 23.3 Å². The van der Waals surface area contributed by atoms with E-state index in [0.717, 1.165) is 0 Å². The largest absolute Gasteiger partial charge is 0.488 e. The molecule has 0 unspecified atom stereocenters. The number of benzene rings is 1. The summed E-state index contributed by atoms with van der Waals surface area (Å²) in [5, 5.41) is 21.1. The number of rotatable bonds is 2. The van der Waals surface area contributed by atoms with E-state index in [9.17, 15) is 14.8 Å². The van der Waals surface area contributed by atoms with Crippen LogP contribution in [0.25, 0.3) is 0 Å². The third-order valence-corrected chi connectivity index (χ3v) is 2.50. The molecule has 0 bridgehead atoms. The van der Waals surface area contributed by atoms with Gasteiger partial charge >= 0.3 is 13.2 Å². The molecule has 0 fully saturated rings. The standard InChI is InChI=1S/C13H20BNO4/c1-8-6-10(7-9(2)11(8)14(17)18)15-12(16)19-13(3,4)5/h6-7,17-18H,1-5H3,(H,15,16). The summed E-state index contributed by atoms with van der Waals surface area (Å²) in [4.78, 5) is 11.6. The van der Waals surface area contributed by atoms with Crippen LogP contribution in [0.5, 0.6) is 0 Å². The molecule has 5 nitrogen and oxygen atoms in total. The maximum absolute atomic E-state index is 11.6. The van der Waals surface area contributed by atoms with Gasteiger partial charge in [0.05, 0.1) is 0 Å². The first-order valence-electron chi connectivity index (χ1n) is 6.07. The van der Waals surface area contributed by atoms with Crippen molar-refractivity contribution in [3.8, 4) is 0 Å². The van der Waals surface area contributed by atoms with E-state index in [2.05, 4.69) is 5.32 Å². The Morgan fingerprint density at radius 1 is 1.21 bits per heavy atom. The van der Waals surface area contributed by atoms with Crippen LogP contribution in [0.3, 0.4) is 0 Å². The molecule has 1 rings (SSSR count). The van der Waals surface area contributed by atoms with E-state index in [-0.39, 0.29) is 0 Å². The molecular formula is C13H20BNO4. The molecule has 3 N–H and O–H groups in total. The number of nitrogens with one attached hydrogen (secondary N) is 1. The van der Waals surface area contributed by atoms with E-state index in [0.29, 0.717) is 22.3 Å². The van der Waals surface area contributed by atoms with E-state index in [1.807, 2.05) is 0 Å². The van der Waals surface area contributed by atoms with Gasteiger partial charge in [0.25, 0.3) is 0 Å². The zero-order valence-electron chi connectivity index (χ0n) is 11.9. The molecule has 6 heteroatoms. The topological polar surface area (TPSA) is 78.8 Å². The van der Waals surface area contributed by atoms with Gasteiger partial charge in [-0.25, -0.2) is 4.79 Å². The van der Waals surface area contributed by atoms with Crippen molar-refractivity contribution in [3.63, 3.8) is 0 Å². The summed E-state index contributed by atoms with van der Waals surface area (Å²) in [6, 6.07) is 3.34. The molecule has 0 aliphatic heterocycles. The smallest absolute Gasteiger partial charge is 0.444 e. The van der Waals surface area contributed by atoms with Gasteiger partial charge in [-0.15, -0.1) is 0 Å². The molecule has 0 atom stereocenters. The molecule has 1 aromatic carbocycles. The van der Waals surface area contributed by atoms with Crippen LogP contribution in [0.2, 0.25) is 0 Å². The lowest BCUT2D eigenvalue weighted by Gasteiger charge is -2.20. The fraction of sp³-hybridized carbons (Fsp3) is 0.462. The number of ether oxygens (including phenoxy) is 1. The van der Waals surface area contributed by atoms with Gasteiger partial charge in [-0.05, 0) is 63.3 Å². The lowest BCUT2D eigenvalue weighted by Crippen LogP contribution is -2.34. The Labute approximate surface area is 113 Å². The molecular weight excluding hydrogens is 245 g/mol. The average Bonchev–Trinajstić information content (AvgIpc) is 2.10. The number of aryl methyl sites for hydroxylation is 2. The molecule has 0 spiro atoms. The van der Waals surface area contributed by atoms with E-state index in [4.69, 9.17) is 4.74 Å². The van der Waals surface area contributed by atoms with Crippen LogP contribution in [0, 0.1) is 13.8 Å². The van der Waals surface area contributed by atoms with Crippen LogP contribution in [-0.2, 0) is 4.74 Å². The summed E-state index contributed by atoms with van der Waals surface area (Å²) < 4.78 is 5.15. The second-order valence-corrected chi connectivity index (χ2v) is 5.52. The fourth-order valence-electron chi connectivity index (χ4n) is 1.88. The van der Waals surface area contributed by atoms with E-state index in [1.54, 1.807) is 46.8 Å². The van der Waals surface area contributed by atoms with Crippen LogP contribution in [0.4, 0.5) is 10.5 Å². The molecule has 104 valence electrons. The predicted molar refractivity (Wildman–Crippen MR) is 75.6 cm³/mol. The Hall–Kier alpha value is -1.53. The monoisotopic (exact) mass is 265 g/mol. The number of amides is 1. The minimum absolute atomic E-state index is 0.453. The zero-order chi connectivity index (χ0) is 14.8. The Balaban J connectivity index is 2.90. The second kappa shape index (κ2) is 5.63. The molecule has 0 heterocycles. The minimum atomic E-state index is -1.52. The van der Waals surface area contributed by atoms with Crippen molar-refractivity contribution in [2.75, 3.05) is 5.32 Å². The van der Waals surface area contributed by atoms with Crippen molar-refractivity contribution >= 4 is 24.4 Å². The van der Waals surface area contributed by atoms with Crippen molar-refractivity contribution < 1.29 is 19.6 Å². The Bertz CT molecular complexity index is 457. The summed E-state index contributed by atoms with van der Waals surface area (Å²) in [6.07, 6.45) is -0.538. The summed E-state index contributed by atoms with van der Waals surface area (Å²) >= 11 is 0. The molecule has 0 saturated carbocycles. The van der Waals surface area contributed by atoms with Gasteiger partial charge < -0.3 is 14.8 Å². The molecule has 0 aromatic heterocycles. The first kappa shape index (κ1) is 15.5. The van der Waals surface area contributed by atoms with Crippen molar-refractivity contribution in [1.82, 2.24) is 0 Å². The van der Waals surface area contributed by atoms with Gasteiger partial charge in [0.1, 0.15) is 5.60 Å². The van der Waals surface area contributed by atoms with E-state index in [1.165, 1.54) is 0 Å². The molecule has 0 saturated heterocycles. The van der Waals surface area contributed by atoms with Crippen LogP contribution < -0.4 is 10.8 Å². The summed E-state index contributed by atoms with van der Waals surface area (Å²) in [5.41, 5.74) is 1.85. The summed E-state index contributed by atoms with van der Waals surface area (Å²) in [7, 11) is -1.52. The molecule has 1 amide bonds. The maximum atomic E-state index is 11.6. The normalized spacial score (nSPS) is 11.1. The first-order chi connectivity index (χ1) is 8.60. The quantitative estimate of drug-likeness (QED) is 0.705. The number of carbonyl (C=O) groups is 1. The maximum Gasteiger partial charge on any atom is 0.488 e. The van der Waals surface area contributed by atoms with Crippen LogP contribution in [-0.4, -0.2) is 28.9 Å². The van der Waals surface area contributed by atoms with Crippen LogP contribution in [0.1, 0.15) is 31.9 Å². The third kappa shape index (κ3) is 4.57. The highest BCUT2D eigenvalue weighted by atomic mass is 16.6. The summed E-state index contributed by atoms with van der Waals surface area (Å²) in [5.74, 6) is 0. The van der Waals surface area contributed by atoms with Crippen molar-refractivity contribution in [2.24, 2.45) is 0 Å². The minimum Gasteiger partial charge on any atom is -0.444 e. The molecule has 19 heavy (non-hydrogen) atoms. The lowest BCUT2D eigenvalue weighted by molar-refractivity contribution is 0.0636. The highest BCUT2D eigenvalue weighted by molar-refractivity contribution is 6.59. The Morgan fingerprint density at radius 2 is 1.68 bits per heavy atom. The molecule has 0 aliphatic rings. The molecule has 0 aliphatic carbocycles.